The standard InChI is InChI=1S/C13H15F3N2O/c1-9(5-6-17)18(2)12-4-3-10(8-19)7-11(12)13(14,15)16/h3-4,7,9,19H,5,8H2,1-2H3. The average molecular weight is 272 g/mol. The minimum Gasteiger partial charge on any atom is -0.392 e. The number of rotatable bonds is 4. The van der Waals surface area contributed by atoms with Crippen molar-refractivity contribution in [1.29, 1.82) is 5.26 Å². The molecular formula is C13H15F3N2O. The molecule has 1 unspecified atom stereocenters. The van der Waals surface area contributed by atoms with Crippen LogP contribution in [0.1, 0.15) is 24.5 Å². The molecule has 104 valence electrons. The second-order valence-corrected chi connectivity index (χ2v) is 4.33. The number of nitriles is 1. The van der Waals surface area contributed by atoms with Gasteiger partial charge in [-0.25, -0.2) is 0 Å². The Morgan fingerprint density at radius 1 is 1.42 bits per heavy atom. The minimum absolute atomic E-state index is 0.00690. The van der Waals surface area contributed by atoms with Crippen LogP contribution in [-0.2, 0) is 12.8 Å². The van der Waals surface area contributed by atoms with Gasteiger partial charge in [0, 0.05) is 18.8 Å². The van der Waals surface area contributed by atoms with E-state index in [0.717, 1.165) is 6.07 Å². The van der Waals surface area contributed by atoms with Gasteiger partial charge in [-0.1, -0.05) is 6.07 Å². The highest BCUT2D eigenvalue weighted by Gasteiger charge is 2.35. The number of nitrogens with zero attached hydrogens (tertiary/aromatic N) is 2. The van der Waals surface area contributed by atoms with Crippen LogP contribution >= 0.6 is 0 Å². The second-order valence-electron chi connectivity index (χ2n) is 4.33. The van der Waals surface area contributed by atoms with Crippen LogP contribution in [0.2, 0.25) is 0 Å². The number of alkyl halides is 3. The summed E-state index contributed by atoms with van der Waals surface area (Å²) in [4.78, 5) is 1.42. The molecule has 1 aromatic carbocycles. The van der Waals surface area contributed by atoms with Crippen LogP contribution in [0.15, 0.2) is 18.2 Å². The summed E-state index contributed by atoms with van der Waals surface area (Å²) in [6.07, 6.45) is -4.36. The van der Waals surface area contributed by atoms with E-state index < -0.39 is 18.3 Å². The Morgan fingerprint density at radius 2 is 2.05 bits per heavy atom. The average Bonchev–Trinajstić information content (AvgIpc) is 2.36. The normalized spacial score (nSPS) is 12.9. The minimum atomic E-state index is -4.50. The fraction of sp³-hybridized carbons (Fsp3) is 0.462. The molecule has 0 aliphatic rings. The quantitative estimate of drug-likeness (QED) is 0.916. The van der Waals surface area contributed by atoms with Gasteiger partial charge in [0.2, 0.25) is 0 Å². The van der Waals surface area contributed by atoms with E-state index in [4.69, 9.17) is 10.4 Å². The van der Waals surface area contributed by atoms with Crippen LogP contribution in [0.4, 0.5) is 18.9 Å². The van der Waals surface area contributed by atoms with E-state index in [1.54, 1.807) is 6.92 Å². The van der Waals surface area contributed by atoms with Crippen LogP contribution in [0, 0.1) is 11.3 Å². The predicted octanol–water partition coefficient (Wildman–Crippen LogP) is 2.94. The maximum Gasteiger partial charge on any atom is 0.418 e. The number of hydrogen-bond donors (Lipinski definition) is 1. The zero-order chi connectivity index (χ0) is 14.6. The lowest BCUT2D eigenvalue weighted by Crippen LogP contribution is -2.30. The van der Waals surface area contributed by atoms with E-state index in [1.807, 2.05) is 6.07 Å². The highest BCUT2D eigenvalue weighted by Crippen LogP contribution is 2.37. The van der Waals surface area contributed by atoms with Gasteiger partial charge < -0.3 is 10.0 Å². The van der Waals surface area contributed by atoms with Crippen molar-refractivity contribution >= 4 is 5.69 Å². The maximum absolute atomic E-state index is 13.0. The molecule has 0 spiro atoms. The van der Waals surface area contributed by atoms with Crippen LogP contribution in [0.25, 0.3) is 0 Å². The van der Waals surface area contributed by atoms with Gasteiger partial charge in [0.15, 0.2) is 0 Å². The molecule has 0 radical (unpaired) electrons. The Kier molecular flexibility index (Phi) is 4.78. The number of aliphatic hydroxyl groups is 1. The lowest BCUT2D eigenvalue weighted by atomic mass is 10.1. The molecule has 6 heteroatoms. The first kappa shape index (κ1) is 15.3. The fourth-order valence-electron chi connectivity index (χ4n) is 1.72. The maximum atomic E-state index is 13.0. The number of anilines is 1. The first-order chi connectivity index (χ1) is 8.81. The molecule has 19 heavy (non-hydrogen) atoms. The third-order valence-electron chi connectivity index (χ3n) is 2.98. The van der Waals surface area contributed by atoms with Gasteiger partial charge >= 0.3 is 6.18 Å². The summed E-state index contributed by atoms with van der Waals surface area (Å²) in [5, 5.41) is 17.5. The molecule has 3 nitrogen and oxygen atoms in total. The molecule has 0 amide bonds. The smallest absolute Gasteiger partial charge is 0.392 e. The Labute approximate surface area is 109 Å². The highest BCUT2D eigenvalue weighted by atomic mass is 19.4. The predicted molar refractivity (Wildman–Crippen MR) is 65.5 cm³/mol. The first-order valence-corrected chi connectivity index (χ1v) is 5.72. The number of halogens is 3. The second kappa shape index (κ2) is 5.93. The Hall–Kier alpha value is -1.74. The van der Waals surface area contributed by atoms with Gasteiger partial charge in [-0.3, -0.25) is 0 Å². The number of hydrogen-bond acceptors (Lipinski definition) is 3. The van der Waals surface area contributed by atoms with Gasteiger partial charge in [0.25, 0.3) is 0 Å². The van der Waals surface area contributed by atoms with Crippen molar-refractivity contribution in [2.75, 3.05) is 11.9 Å². The first-order valence-electron chi connectivity index (χ1n) is 5.72. The lowest BCUT2D eigenvalue weighted by molar-refractivity contribution is -0.137. The summed E-state index contributed by atoms with van der Waals surface area (Å²) in [5.74, 6) is 0. The summed E-state index contributed by atoms with van der Waals surface area (Å²) in [7, 11) is 1.52. The van der Waals surface area contributed by atoms with E-state index in [0.29, 0.717) is 0 Å². The molecule has 1 atom stereocenters. The van der Waals surface area contributed by atoms with Gasteiger partial charge in [-0.2, -0.15) is 18.4 Å². The van der Waals surface area contributed by atoms with E-state index in [2.05, 4.69) is 0 Å². The van der Waals surface area contributed by atoms with Gasteiger partial charge in [-0.05, 0) is 24.6 Å². The largest absolute Gasteiger partial charge is 0.418 e. The number of aliphatic hydroxyl groups excluding tert-OH is 1. The van der Waals surface area contributed by atoms with E-state index in [9.17, 15) is 13.2 Å². The van der Waals surface area contributed by atoms with E-state index >= 15 is 0 Å². The Morgan fingerprint density at radius 3 is 2.53 bits per heavy atom. The van der Waals surface area contributed by atoms with Crippen LogP contribution in [0.3, 0.4) is 0 Å². The van der Waals surface area contributed by atoms with Crippen LogP contribution in [-0.4, -0.2) is 18.2 Å². The third-order valence-corrected chi connectivity index (χ3v) is 2.98. The van der Waals surface area contributed by atoms with Crippen molar-refractivity contribution in [2.45, 2.75) is 32.2 Å². The van der Waals surface area contributed by atoms with Gasteiger partial charge in [0.05, 0.1) is 24.7 Å². The molecule has 1 aromatic rings. The summed E-state index contributed by atoms with van der Waals surface area (Å²) >= 11 is 0. The van der Waals surface area contributed by atoms with E-state index in [-0.39, 0.29) is 23.7 Å². The molecule has 0 saturated carbocycles. The molecule has 0 fully saturated rings. The molecular weight excluding hydrogens is 257 g/mol. The topological polar surface area (TPSA) is 47.3 Å². The summed E-state index contributed by atoms with van der Waals surface area (Å²) in [6, 6.07) is 5.31. The fourth-order valence-corrected chi connectivity index (χ4v) is 1.72. The van der Waals surface area contributed by atoms with Crippen molar-refractivity contribution in [3.63, 3.8) is 0 Å². The van der Waals surface area contributed by atoms with Gasteiger partial charge in [-0.15, -0.1) is 0 Å². The molecule has 0 aliphatic carbocycles. The van der Waals surface area contributed by atoms with Crippen molar-refractivity contribution in [3.05, 3.63) is 29.3 Å². The number of benzene rings is 1. The van der Waals surface area contributed by atoms with Crippen molar-refractivity contribution in [2.24, 2.45) is 0 Å². The third kappa shape index (κ3) is 3.61. The molecule has 0 aliphatic heterocycles. The zero-order valence-electron chi connectivity index (χ0n) is 10.7. The van der Waals surface area contributed by atoms with Gasteiger partial charge in [0.1, 0.15) is 0 Å². The van der Waals surface area contributed by atoms with Crippen molar-refractivity contribution < 1.29 is 18.3 Å². The molecule has 0 bridgehead atoms. The molecule has 1 N–H and O–H groups in total. The highest BCUT2D eigenvalue weighted by molar-refractivity contribution is 5.56. The zero-order valence-corrected chi connectivity index (χ0v) is 10.7. The Bertz CT molecular complexity index is 480. The lowest BCUT2D eigenvalue weighted by Gasteiger charge is -2.28. The van der Waals surface area contributed by atoms with Crippen LogP contribution in [0.5, 0.6) is 0 Å². The molecule has 0 aromatic heterocycles. The Balaban J connectivity index is 3.24. The van der Waals surface area contributed by atoms with Crippen molar-refractivity contribution in [1.82, 2.24) is 0 Å². The van der Waals surface area contributed by atoms with Crippen LogP contribution < -0.4 is 4.90 Å². The van der Waals surface area contributed by atoms with E-state index in [1.165, 1.54) is 24.1 Å². The summed E-state index contributed by atoms with van der Waals surface area (Å²) < 4.78 is 39.0. The molecule has 0 heterocycles. The van der Waals surface area contributed by atoms with Crippen molar-refractivity contribution in [3.8, 4) is 6.07 Å². The summed E-state index contributed by atoms with van der Waals surface area (Å²) in [6.45, 7) is 1.24. The SMILES string of the molecule is CC(CC#N)N(C)c1ccc(CO)cc1C(F)(F)F. The molecule has 0 saturated heterocycles. The summed E-state index contributed by atoms with van der Waals surface area (Å²) in [5.41, 5.74) is -0.587. The molecule has 1 rings (SSSR count). The monoisotopic (exact) mass is 272 g/mol.